The SMILES string of the molecule is CC(=O)Nc1ccc(/C=N\Nc2nnc(C)c(=O)[nH]2)cc1. The van der Waals surface area contributed by atoms with Crippen LogP contribution in [0.1, 0.15) is 18.2 Å². The predicted octanol–water partition coefficient (Wildman–Crippen LogP) is 0.878. The number of hydrogen-bond donors (Lipinski definition) is 3. The number of benzene rings is 1. The summed E-state index contributed by atoms with van der Waals surface area (Å²) in [5, 5.41) is 14.0. The van der Waals surface area contributed by atoms with Crippen LogP contribution < -0.4 is 16.3 Å². The van der Waals surface area contributed by atoms with Crippen molar-refractivity contribution in [2.75, 3.05) is 10.7 Å². The third-order valence-corrected chi connectivity index (χ3v) is 2.48. The van der Waals surface area contributed by atoms with E-state index in [-0.39, 0.29) is 23.1 Å². The normalized spacial score (nSPS) is 10.6. The molecule has 1 heterocycles. The summed E-state index contributed by atoms with van der Waals surface area (Å²) in [6.07, 6.45) is 1.55. The molecule has 1 amide bonds. The second-order valence-electron chi connectivity index (χ2n) is 4.26. The van der Waals surface area contributed by atoms with Crippen molar-refractivity contribution in [2.24, 2.45) is 5.10 Å². The lowest BCUT2D eigenvalue weighted by molar-refractivity contribution is -0.114. The maximum atomic E-state index is 11.3. The van der Waals surface area contributed by atoms with Crippen LogP contribution in [0.4, 0.5) is 11.6 Å². The van der Waals surface area contributed by atoms with Gasteiger partial charge in [0.2, 0.25) is 11.9 Å². The van der Waals surface area contributed by atoms with Crippen molar-refractivity contribution in [1.29, 1.82) is 0 Å². The zero-order chi connectivity index (χ0) is 15.2. The van der Waals surface area contributed by atoms with E-state index in [2.05, 4.69) is 31.0 Å². The zero-order valence-electron chi connectivity index (χ0n) is 11.5. The number of anilines is 2. The summed E-state index contributed by atoms with van der Waals surface area (Å²) in [7, 11) is 0. The standard InChI is InChI=1S/C13H14N6O2/c1-8-12(21)16-13(19-17-8)18-14-7-10-3-5-11(6-4-10)15-9(2)20/h3-7H,1-2H3,(H,15,20)(H2,16,18,19,21)/b14-7-. The van der Waals surface area contributed by atoms with Gasteiger partial charge in [0.05, 0.1) is 6.21 Å². The minimum Gasteiger partial charge on any atom is -0.326 e. The van der Waals surface area contributed by atoms with Crippen LogP contribution in [0.15, 0.2) is 34.2 Å². The Hall–Kier alpha value is -3.03. The molecule has 8 nitrogen and oxygen atoms in total. The van der Waals surface area contributed by atoms with Crippen molar-refractivity contribution >= 4 is 23.8 Å². The fourth-order valence-corrected chi connectivity index (χ4v) is 1.47. The van der Waals surface area contributed by atoms with Crippen LogP contribution >= 0.6 is 0 Å². The summed E-state index contributed by atoms with van der Waals surface area (Å²) in [4.78, 5) is 24.7. The molecular weight excluding hydrogens is 272 g/mol. The molecule has 0 saturated heterocycles. The monoisotopic (exact) mass is 286 g/mol. The average molecular weight is 286 g/mol. The second-order valence-corrected chi connectivity index (χ2v) is 4.26. The third kappa shape index (κ3) is 4.23. The number of aryl methyl sites for hydroxylation is 1. The van der Waals surface area contributed by atoms with Gasteiger partial charge in [0.1, 0.15) is 5.69 Å². The Balaban J connectivity index is 1.99. The predicted molar refractivity (Wildman–Crippen MR) is 79.4 cm³/mol. The van der Waals surface area contributed by atoms with Gasteiger partial charge < -0.3 is 5.32 Å². The first kappa shape index (κ1) is 14.4. The molecule has 0 bridgehead atoms. The number of carbonyl (C=O) groups is 1. The van der Waals surface area contributed by atoms with Gasteiger partial charge in [-0.15, -0.1) is 10.2 Å². The Morgan fingerprint density at radius 3 is 2.62 bits per heavy atom. The summed E-state index contributed by atoms with van der Waals surface area (Å²) >= 11 is 0. The largest absolute Gasteiger partial charge is 0.326 e. The Labute approximate surface area is 120 Å². The Bertz CT molecular complexity index is 720. The first-order valence-electron chi connectivity index (χ1n) is 6.15. The molecule has 0 unspecified atom stereocenters. The molecule has 108 valence electrons. The molecule has 21 heavy (non-hydrogen) atoms. The topological polar surface area (TPSA) is 112 Å². The van der Waals surface area contributed by atoms with E-state index in [4.69, 9.17) is 0 Å². The maximum Gasteiger partial charge on any atom is 0.274 e. The average Bonchev–Trinajstić information content (AvgIpc) is 2.44. The summed E-state index contributed by atoms with van der Waals surface area (Å²) in [5.41, 5.74) is 4.08. The van der Waals surface area contributed by atoms with Crippen molar-refractivity contribution < 1.29 is 4.79 Å². The highest BCUT2D eigenvalue weighted by Gasteiger charge is 1.98. The summed E-state index contributed by atoms with van der Waals surface area (Å²) in [6.45, 7) is 3.01. The molecule has 0 spiro atoms. The molecule has 0 saturated carbocycles. The quantitative estimate of drug-likeness (QED) is 0.570. The fourth-order valence-electron chi connectivity index (χ4n) is 1.47. The fraction of sp³-hybridized carbons (Fsp3) is 0.154. The van der Waals surface area contributed by atoms with Crippen LogP contribution in [0.25, 0.3) is 0 Å². The molecule has 0 atom stereocenters. The lowest BCUT2D eigenvalue weighted by Gasteiger charge is -2.01. The molecule has 0 fully saturated rings. The molecule has 0 aliphatic rings. The van der Waals surface area contributed by atoms with E-state index in [1.165, 1.54) is 6.92 Å². The van der Waals surface area contributed by atoms with Gasteiger partial charge in [0.15, 0.2) is 0 Å². The van der Waals surface area contributed by atoms with Crippen LogP contribution in [0.3, 0.4) is 0 Å². The first-order chi connectivity index (χ1) is 10.0. The van der Waals surface area contributed by atoms with Crippen LogP contribution in [0, 0.1) is 6.92 Å². The maximum absolute atomic E-state index is 11.3. The van der Waals surface area contributed by atoms with Gasteiger partial charge in [-0.3, -0.25) is 14.6 Å². The van der Waals surface area contributed by atoms with E-state index < -0.39 is 0 Å². The number of nitrogens with one attached hydrogen (secondary N) is 3. The summed E-state index contributed by atoms with van der Waals surface area (Å²) in [5.74, 6) is 0.0386. The number of aromatic nitrogens is 3. The first-order valence-corrected chi connectivity index (χ1v) is 6.15. The number of carbonyl (C=O) groups excluding carboxylic acids is 1. The molecule has 0 aliphatic heterocycles. The van der Waals surface area contributed by atoms with E-state index in [9.17, 15) is 9.59 Å². The lowest BCUT2D eigenvalue weighted by Crippen LogP contribution is -2.15. The molecule has 1 aromatic carbocycles. The lowest BCUT2D eigenvalue weighted by atomic mass is 10.2. The zero-order valence-corrected chi connectivity index (χ0v) is 11.5. The van der Waals surface area contributed by atoms with E-state index in [1.807, 2.05) is 0 Å². The Morgan fingerprint density at radius 1 is 1.29 bits per heavy atom. The van der Waals surface area contributed by atoms with Crippen molar-refractivity contribution in [3.8, 4) is 0 Å². The summed E-state index contributed by atoms with van der Waals surface area (Å²) < 4.78 is 0. The number of hydrogen-bond acceptors (Lipinski definition) is 6. The summed E-state index contributed by atoms with van der Waals surface area (Å²) in [6, 6.07) is 7.10. The molecule has 8 heteroatoms. The van der Waals surface area contributed by atoms with E-state index >= 15 is 0 Å². The molecule has 2 aromatic rings. The minimum atomic E-state index is -0.317. The van der Waals surface area contributed by atoms with Gasteiger partial charge in [-0.25, -0.2) is 5.43 Å². The van der Waals surface area contributed by atoms with Crippen LogP contribution in [-0.2, 0) is 4.79 Å². The number of nitrogens with zero attached hydrogens (tertiary/aromatic N) is 3. The Kier molecular flexibility index (Phi) is 4.39. The van der Waals surface area contributed by atoms with Crippen LogP contribution in [0.5, 0.6) is 0 Å². The van der Waals surface area contributed by atoms with Gasteiger partial charge >= 0.3 is 0 Å². The molecule has 0 aliphatic carbocycles. The highest BCUT2D eigenvalue weighted by atomic mass is 16.1. The second kappa shape index (κ2) is 6.42. The van der Waals surface area contributed by atoms with Crippen LogP contribution in [0.2, 0.25) is 0 Å². The highest BCUT2D eigenvalue weighted by molar-refractivity contribution is 5.89. The van der Waals surface area contributed by atoms with Gasteiger partial charge in [0.25, 0.3) is 5.56 Å². The number of aromatic amines is 1. The van der Waals surface area contributed by atoms with E-state index in [1.54, 1.807) is 37.4 Å². The van der Waals surface area contributed by atoms with Gasteiger partial charge in [0, 0.05) is 12.6 Å². The number of hydrazone groups is 1. The number of H-pyrrole nitrogens is 1. The van der Waals surface area contributed by atoms with Crippen LogP contribution in [-0.4, -0.2) is 27.3 Å². The van der Waals surface area contributed by atoms with Crippen molar-refractivity contribution in [2.45, 2.75) is 13.8 Å². The smallest absolute Gasteiger partial charge is 0.274 e. The van der Waals surface area contributed by atoms with Gasteiger partial charge in [-0.1, -0.05) is 12.1 Å². The third-order valence-electron chi connectivity index (χ3n) is 2.48. The molecule has 2 rings (SSSR count). The highest BCUT2D eigenvalue weighted by Crippen LogP contribution is 2.07. The molecule has 3 N–H and O–H groups in total. The molecular formula is C13H14N6O2. The number of amides is 1. The Morgan fingerprint density at radius 2 is 2.00 bits per heavy atom. The van der Waals surface area contributed by atoms with Gasteiger partial charge in [-0.2, -0.15) is 5.10 Å². The van der Waals surface area contributed by atoms with E-state index in [0.717, 1.165) is 5.56 Å². The van der Waals surface area contributed by atoms with Crippen molar-refractivity contribution in [3.63, 3.8) is 0 Å². The number of rotatable bonds is 4. The van der Waals surface area contributed by atoms with Gasteiger partial charge in [-0.05, 0) is 24.6 Å². The van der Waals surface area contributed by atoms with E-state index in [0.29, 0.717) is 5.69 Å². The molecule has 0 radical (unpaired) electrons. The van der Waals surface area contributed by atoms with Crippen molar-refractivity contribution in [3.05, 3.63) is 45.9 Å². The minimum absolute atomic E-state index is 0.125. The molecule has 1 aromatic heterocycles. The van der Waals surface area contributed by atoms with Crippen molar-refractivity contribution in [1.82, 2.24) is 15.2 Å².